The summed E-state index contributed by atoms with van der Waals surface area (Å²) in [6, 6.07) is 12.5. The summed E-state index contributed by atoms with van der Waals surface area (Å²) in [6.07, 6.45) is 1.25. The van der Waals surface area contributed by atoms with Crippen LogP contribution in [0.3, 0.4) is 0 Å². The first-order chi connectivity index (χ1) is 12.3. The number of nitrogens with zero attached hydrogens (tertiary/aromatic N) is 3. The van der Waals surface area contributed by atoms with Crippen LogP contribution < -0.4 is 4.90 Å². The highest BCUT2D eigenvalue weighted by Crippen LogP contribution is 2.21. The lowest BCUT2D eigenvalue weighted by Crippen LogP contribution is -2.36. The SMILES string of the molecule is O=C(Cc1cccs1)N1CCC(c2ccc(N3CCOCC3)cc2)=N1. The molecule has 1 saturated heterocycles. The van der Waals surface area contributed by atoms with Gasteiger partial charge in [0.05, 0.1) is 31.9 Å². The lowest BCUT2D eigenvalue weighted by Gasteiger charge is -2.28. The van der Waals surface area contributed by atoms with Crippen LogP contribution in [0.4, 0.5) is 5.69 Å². The highest BCUT2D eigenvalue weighted by Gasteiger charge is 2.22. The first-order valence-electron chi connectivity index (χ1n) is 8.63. The lowest BCUT2D eigenvalue weighted by atomic mass is 10.1. The molecule has 0 bridgehead atoms. The topological polar surface area (TPSA) is 45.1 Å². The number of carbonyl (C=O) groups is 1. The predicted molar refractivity (Wildman–Crippen MR) is 100 cm³/mol. The molecule has 2 aliphatic rings. The number of amides is 1. The van der Waals surface area contributed by atoms with Crippen LogP contribution in [0.25, 0.3) is 0 Å². The van der Waals surface area contributed by atoms with Gasteiger partial charge in [0.2, 0.25) is 5.91 Å². The molecule has 5 nitrogen and oxygen atoms in total. The van der Waals surface area contributed by atoms with Crippen molar-refractivity contribution < 1.29 is 9.53 Å². The molecule has 3 heterocycles. The second kappa shape index (κ2) is 7.37. The second-order valence-corrected chi connectivity index (χ2v) is 7.25. The molecule has 1 amide bonds. The Hall–Kier alpha value is -2.18. The molecule has 0 N–H and O–H groups in total. The van der Waals surface area contributed by atoms with Crippen molar-refractivity contribution in [1.29, 1.82) is 0 Å². The molecule has 25 heavy (non-hydrogen) atoms. The molecular formula is C19H21N3O2S. The van der Waals surface area contributed by atoms with E-state index in [1.54, 1.807) is 16.3 Å². The van der Waals surface area contributed by atoms with Crippen molar-refractivity contribution in [3.8, 4) is 0 Å². The van der Waals surface area contributed by atoms with Crippen LogP contribution >= 0.6 is 11.3 Å². The van der Waals surface area contributed by atoms with Gasteiger partial charge < -0.3 is 9.64 Å². The van der Waals surface area contributed by atoms with Crippen molar-refractivity contribution in [2.45, 2.75) is 12.8 Å². The molecule has 2 aromatic rings. The zero-order valence-electron chi connectivity index (χ0n) is 14.1. The highest BCUT2D eigenvalue weighted by atomic mass is 32.1. The Morgan fingerprint density at radius 2 is 1.92 bits per heavy atom. The summed E-state index contributed by atoms with van der Waals surface area (Å²) in [5, 5.41) is 8.17. The van der Waals surface area contributed by atoms with Crippen LogP contribution in [0.1, 0.15) is 16.9 Å². The molecule has 0 aliphatic carbocycles. The number of hydrogen-bond acceptors (Lipinski definition) is 5. The molecular weight excluding hydrogens is 334 g/mol. The van der Waals surface area contributed by atoms with Crippen LogP contribution in [0, 0.1) is 0 Å². The van der Waals surface area contributed by atoms with Gasteiger partial charge >= 0.3 is 0 Å². The number of hydrazone groups is 1. The standard InChI is InChI=1S/C19H21N3O2S/c23-19(14-17-2-1-13-25-17)22-8-7-18(20-22)15-3-5-16(6-4-15)21-9-11-24-12-10-21/h1-6,13H,7-12,14H2. The highest BCUT2D eigenvalue weighted by molar-refractivity contribution is 7.10. The minimum absolute atomic E-state index is 0.0717. The number of thiophene rings is 1. The summed E-state index contributed by atoms with van der Waals surface area (Å²) in [5.74, 6) is 0.0717. The molecule has 2 aliphatic heterocycles. The molecule has 130 valence electrons. The first kappa shape index (κ1) is 16.3. The van der Waals surface area contributed by atoms with Gasteiger partial charge in [-0.1, -0.05) is 18.2 Å². The first-order valence-corrected chi connectivity index (χ1v) is 9.51. The molecule has 0 unspecified atom stereocenters. The maximum Gasteiger partial charge on any atom is 0.247 e. The van der Waals surface area contributed by atoms with E-state index in [2.05, 4.69) is 34.3 Å². The summed E-state index contributed by atoms with van der Waals surface area (Å²) >= 11 is 1.61. The number of morpholine rings is 1. The van der Waals surface area contributed by atoms with E-state index >= 15 is 0 Å². The summed E-state index contributed by atoms with van der Waals surface area (Å²) in [5.41, 5.74) is 3.31. The van der Waals surface area contributed by atoms with Crippen LogP contribution in [0.2, 0.25) is 0 Å². The fourth-order valence-electron chi connectivity index (χ4n) is 3.18. The Balaban J connectivity index is 1.42. The van der Waals surface area contributed by atoms with E-state index in [0.717, 1.165) is 48.9 Å². The van der Waals surface area contributed by atoms with Gasteiger partial charge in [0.15, 0.2) is 0 Å². The predicted octanol–water partition coefficient (Wildman–Crippen LogP) is 2.76. The Morgan fingerprint density at radius 1 is 1.12 bits per heavy atom. The van der Waals surface area contributed by atoms with E-state index in [1.165, 1.54) is 5.69 Å². The third-order valence-electron chi connectivity index (χ3n) is 4.57. The van der Waals surface area contributed by atoms with Gasteiger partial charge in [-0.05, 0) is 29.1 Å². The molecule has 0 radical (unpaired) electrons. The Labute approximate surface area is 151 Å². The van der Waals surface area contributed by atoms with Gasteiger partial charge in [-0.3, -0.25) is 4.79 Å². The summed E-state index contributed by atoms with van der Waals surface area (Å²) in [7, 11) is 0. The number of rotatable bonds is 4. The van der Waals surface area contributed by atoms with E-state index in [1.807, 2.05) is 17.5 Å². The second-order valence-electron chi connectivity index (χ2n) is 6.22. The van der Waals surface area contributed by atoms with Crippen molar-refractivity contribution in [2.75, 3.05) is 37.7 Å². The van der Waals surface area contributed by atoms with Crippen molar-refractivity contribution >= 4 is 28.6 Å². The van der Waals surface area contributed by atoms with Crippen molar-refractivity contribution in [3.05, 3.63) is 52.2 Å². The number of hydrogen-bond donors (Lipinski definition) is 0. The average molecular weight is 355 g/mol. The van der Waals surface area contributed by atoms with E-state index < -0.39 is 0 Å². The van der Waals surface area contributed by atoms with Gasteiger partial charge in [-0.15, -0.1) is 11.3 Å². The third kappa shape index (κ3) is 3.75. The monoisotopic (exact) mass is 355 g/mol. The number of ether oxygens (including phenoxy) is 1. The minimum Gasteiger partial charge on any atom is -0.378 e. The third-order valence-corrected chi connectivity index (χ3v) is 5.45. The Morgan fingerprint density at radius 3 is 2.64 bits per heavy atom. The normalized spacial score (nSPS) is 17.7. The van der Waals surface area contributed by atoms with Crippen LogP contribution in [-0.2, 0) is 16.0 Å². The Kier molecular flexibility index (Phi) is 4.81. The fraction of sp³-hybridized carbons (Fsp3) is 0.368. The fourth-order valence-corrected chi connectivity index (χ4v) is 3.88. The van der Waals surface area contributed by atoms with Gasteiger partial charge in [0.25, 0.3) is 0 Å². The molecule has 1 aromatic heterocycles. The molecule has 6 heteroatoms. The smallest absolute Gasteiger partial charge is 0.247 e. The van der Waals surface area contributed by atoms with Crippen molar-refractivity contribution in [1.82, 2.24) is 5.01 Å². The molecule has 0 spiro atoms. The van der Waals surface area contributed by atoms with Gasteiger partial charge in [-0.2, -0.15) is 5.10 Å². The molecule has 1 fully saturated rings. The van der Waals surface area contributed by atoms with Crippen molar-refractivity contribution in [2.24, 2.45) is 5.10 Å². The van der Waals surface area contributed by atoms with Crippen molar-refractivity contribution in [3.63, 3.8) is 0 Å². The Bertz CT molecular complexity index is 749. The van der Waals surface area contributed by atoms with Gasteiger partial charge in [-0.25, -0.2) is 5.01 Å². The van der Waals surface area contributed by atoms with E-state index in [9.17, 15) is 4.79 Å². The van der Waals surface area contributed by atoms with E-state index in [0.29, 0.717) is 13.0 Å². The molecule has 4 rings (SSSR count). The maximum atomic E-state index is 12.4. The number of anilines is 1. The van der Waals surface area contributed by atoms with E-state index in [-0.39, 0.29) is 5.91 Å². The summed E-state index contributed by atoms with van der Waals surface area (Å²) in [6.45, 7) is 4.12. The quantitative estimate of drug-likeness (QED) is 0.847. The summed E-state index contributed by atoms with van der Waals surface area (Å²) in [4.78, 5) is 15.8. The van der Waals surface area contributed by atoms with Crippen LogP contribution in [-0.4, -0.2) is 49.5 Å². The molecule has 1 aromatic carbocycles. The number of carbonyl (C=O) groups excluding carboxylic acids is 1. The number of benzene rings is 1. The minimum atomic E-state index is 0.0717. The maximum absolute atomic E-state index is 12.4. The van der Waals surface area contributed by atoms with E-state index in [4.69, 9.17) is 4.74 Å². The van der Waals surface area contributed by atoms with Crippen LogP contribution in [0.15, 0.2) is 46.9 Å². The molecule has 0 saturated carbocycles. The largest absolute Gasteiger partial charge is 0.378 e. The zero-order valence-corrected chi connectivity index (χ0v) is 14.9. The van der Waals surface area contributed by atoms with Crippen LogP contribution in [0.5, 0.6) is 0 Å². The van der Waals surface area contributed by atoms with Gasteiger partial charge in [0, 0.05) is 30.1 Å². The van der Waals surface area contributed by atoms with Gasteiger partial charge in [0.1, 0.15) is 0 Å². The lowest BCUT2D eigenvalue weighted by molar-refractivity contribution is -0.129. The summed E-state index contributed by atoms with van der Waals surface area (Å²) < 4.78 is 5.40. The zero-order chi connectivity index (χ0) is 17.1. The molecule has 0 atom stereocenters. The average Bonchev–Trinajstić information content (AvgIpc) is 3.34.